The minimum atomic E-state index is -0.111. The van der Waals surface area contributed by atoms with E-state index in [9.17, 15) is 0 Å². The third-order valence-corrected chi connectivity index (χ3v) is 4.22. The number of benzene rings is 1. The van der Waals surface area contributed by atoms with Crippen molar-refractivity contribution in [1.82, 2.24) is 0 Å². The monoisotopic (exact) mass is 267 g/mol. The molecule has 0 bridgehead atoms. The summed E-state index contributed by atoms with van der Waals surface area (Å²) in [6.45, 7) is 8.82. The lowest BCUT2D eigenvalue weighted by Gasteiger charge is -2.25. The van der Waals surface area contributed by atoms with Gasteiger partial charge in [0.15, 0.2) is 0 Å². The fraction of sp³-hybridized carbons (Fsp3) is 0.421. The summed E-state index contributed by atoms with van der Waals surface area (Å²) in [4.78, 5) is 5.16. The fourth-order valence-electron chi connectivity index (χ4n) is 3.30. The number of nitrogens with zero attached hydrogens (tertiary/aromatic N) is 1. The SMILES string of the molecule is C/C=C/C1(CC)N=C(c2ccccc2)C(CC)=C1CC. The van der Waals surface area contributed by atoms with Crippen molar-refractivity contribution in [2.45, 2.75) is 52.5 Å². The Kier molecular flexibility index (Phi) is 4.59. The van der Waals surface area contributed by atoms with Crippen molar-refractivity contribution in [2.75, 3.05) is 0 Å². The third kappa shape index (κ3) is 2.37. The average Bonchev–Trinajstić information content (AvgIpc) is 2.82. The Hall–Kier alpha value is -1.63. The molecular formula is C19H25N. The van der Waals surface area contributed by atoms with Crippen LogP contribution in [0.2, 0.25) is 0 Å². The predicted octanol–water partition coefficient (Wildman–Crippen LogP) is 5.33. The highest BCUT2D eigenvalue weighted by Crippen LogP contribution is 2.40. The molecule has 106 valence electrons. The third-order valence-electron chi connectivity index (χ3n) is 4.22. The largest absolute Gasteiger partial charge is 0.269 e. The summed E-state index contributed by atoms with van der Waals surface area (Å²) in [6.07, 6.45) is 7.57. The van der Waals surface area contributed by atoms with Gasteiger partial charge >= 0.3 is 0 Å². The molecule has 0 fully saturated rings. The molecule has 1 atom stereocenters. The second-order valence-corrected chi connectivity index (χ2v) is 5.27. The normalized spacial score (nSPS) is 22.7. The zero-order valence-corrected chi connectivity index (χ0v) is 13.1. The zero-order chi connectivity index (χ0) is 14.6. The lowest BCUT2D eigenvalue weighted by Crippen LogP contribution is -2.23. The van der Waals surface area contributed by atoms with Gasteiger partial charge in [0, 0.05) is 0 Å². The number of hydrogen-bond acceptors (Lipinski definition) is 1. The Morgan fingerprint density at radius 3 is 2.25 bits per heavy atom. The van der Waals surface area contributed by atoms with Gasteiger partial charge < -0.3 is 0 Å². The Bertz CT molecular complexity index is 548. The first-order valence-electron chi connectivity index (χ1n) is 7.74. The van der Waals surface area contributed by atoms with Gasteiger partial charge in [0.2, 0.25) is 0 Å². The van der Waals surface area contributed by atoms with E-state index in [0.29, 0.717) is 0 Å². The summed E-state index contributed by atoms with van der Waals surface area (Å²) >= 11 is 0. The van der Waals surface area contributed by atoms with E-state index in [1.54, 1.807) is 0 Å². The van der Waals surface area contributed by atoms with Gasteiger partial charge in [0.1, 0.15) is 5.54 Å². The summed E-state index contributed by atoms with van der Waals surface area (Å²) < 4.78 is 0. The van der Waals surface area contributed by atoms with Gasteiger partial charge in [-0.05, 0) is 42.9 Å². The molecular weight excluding hydrogens is 242 g/mol. The second kappa shape index (κ2) is 6.21. The van der Waals surface area contributed by atoms with Crippen LogP contribution in [0.5, 0.6) is 0 Å². The van der Waals surface area contributed by atoms with Crippen LogP contribution in [0, 0.1) is 0 Å². The Morgan fingerprint density at radius 1 is 1.05 bits per heavy atom. The van der Waals surface area contributed by atoms with E-state index < -0.39 is 0 Å². The number of hydrogen-bond donors (Lipinski definition) is 0. The second-order valence-electron chi connectivity index (χ2n) is 5.27. The summed E-state index contributed by atoms with van der Waals surface area (Å²) in [5.41, 5.74) is 5.28. The number of aliphatic imine (C=N–C) groups is 1. The first kappa shape index (κ1) is 14.8. The number of allylic oxidation sites excluding steroid dienone is 2. The molecule has 0 saturated carbocycles. The highest BCUT2D eigenvalue weighted by Gasteiger charge is 2.37. The molecule has 1 aliphatic heterocycles. The topological polar surface area (TPSA) is 12.4 Å². The molecule has 0 radical (unpaired) electrons. The van der Waals surface area contributed by atoms with Gasteiger partial charge in [-0.1, -0.05) is 63.3 Å². The van der Waals surface area contributed by atoms with E-state index >= 15 is 0 Å². The Labute approximate surface area is 123 Å². The lowest BCUT2D eigenvalue weighted by molar-refractivity contribution is 0.587. The van der Waals surface area contributed by atoms with E-state index in [-0.39, 0.29) is 5.54 Å². The van der Waals surface area contributed by atoms with Crippen LogP contribution in [0.25, 0.3) is 0 Å². The summed E-state index contributed by atoms with van der Waals surface area (Å²) in [5, 5.41) is 0. The maximum atomic E-state index is 5.16. The van der Waals surface area contributed by atoms with Gasteiger partial charge in [-0.3, -0.25) is 4.99 Å². The van der Waals surface area contributed by atoms with Crippen molar-refractivity contribution in [3.8, 4) is 0 Å². The maximum absolute atomic E-state index is 5.16. The van der Waals surface area contributed by atoms with E-state index in [2.05, 4.69) is 70.2 Å². The van der Waals surface area contributed by atoms with Crippen molar-refractivity contribution in [3.63, 3.8) is 0 Å². The lowest BCUT2D eigenvalue weighted by atomic mass is 9.83. The molecule has 0 amide bonds. The molecule has 1 heterocycles. The van der Waals surface area contributed by atoms with Crippen LogP contribution in [-0.4, -0.2) is 11.3 Å². The van der Waals surface area contributed by atoms with Crippen LogP contribution in [0.3, 0.4) is 0 Å². The van der Waals surface area contributed by atoms with Crippen LogP contribution in [0.1, 0.15) is 52.5 Å². The van der Waals surface area contributed by atoms with Crippen molar-refractivity contribution >= 4 is 5.71 Å². The zero-order valence-electron chi connectivity index (χ0n) is 13.1. The van der Waals surface area contributed by atoms with E-state index in [4.69, 9.17) is 4.99 Å². The van der Waals surface area contributed by atoms with Crippen molar-refractivity contribution in [1.29, 1.82) is 0 Å². The molecule has 1 unspecified atom stereocenters. The molecule has 1 aliphatic rings. The van der Waals surface area contributed by atoms with Crippen molar-refractivity contribution in [2.24, 2.45) is 4.99 Å². The summed E-state index contributed by atoms with van der Waals surface area (Å²) in [7, 11) is 0. The van der Waals surface area contributed by atoms with Crippen LogP contribution >= 0.6 is 0 Å². The minimum Gasteiger partial charge on any atom is -0.269 e. The van der Waals surface area contributed by atoms with E-state index in [0.717, 1.165) is 19.3 Å². The molecule has 0 aromatic heterocycles. The van der Waals surface area contributed by atoms with Crippen LogP contribution < -0.4 is 0 Å². The van der Waals surface area contributed by atoms with Crippen LogP contribution in [0.4, 0.5) is 0 Å². The molecule has 20 heavy (non-hydrogen) atoms. The summed E-state index contributed by atoms with van der Waals surface area (Å²) in [5.74, 6) is 0. The minimum absolute atomic E-state index is 0.111. The molecule has 1 nitrogen and oxygen atoms in total. The van der Waals surface area contributed by atoms with Gasteiger partial charge in [-0.15, -0.1) is 0 Å². The van der Waals surface area contributed by atoms with Gasteiger partial charge in [-0.2, -0.15) is 0 Å². The van der Waals surface area contributed by atoms with Crippen LogP contribution in [-0.2, 0) is 0 Å². The average molecular weight is 267 g/mol. The maximum Gasteiger partial charge on any atom is 0.101 e. The van der Waals surface area contributed by atoms with E-state index in [1.165, 1.54) is 22.4 Å². The predicted molar refractivity (Wildman–Crippen MR) is 88.4 cm³/mol. The fourth-order valence-corrected chi connectivity index (χ4v) is 3.30. The molecule has 0 spiro atoms. The van der Waals surface area contributed by atoms with Gasteiger partial charge in [0.25, 0.3) is 0 Å². The van der Waals surface area contributed by atoms with Crippen LogP contribution in [0.15, 0.2) is 58.6 Å². The Balaban J connectivity index is 2.62. The Morgan fingerprint density at radius 2 is 1.75 bits per heavy atom. The molecule has 1 aromatic rings. The molecule has 0 N–H and O–H groups in total. The standard InChI is InChI=1S/C19H25N/c1-5-14-19(8-4)17(7-3)16(6-2)18(20-19)15-12-10-9-11-13-15/h5,9-14H,6-8H2,1-4H3/b14-5+. The van der Waals surface area contributed by atoms with E-state index in [1.807, 2.05) is 0 Å². The molecule has 1 heteroatoms. The first-order chi connectivity index (χ1) is 9.72. The molecule has 2 rings (SSSR count). The quantitative estimate of drug-likeness (QED) is 0.639. The molecule has 1 aromatic carbocycles. The van der Waals surface area contributed by atoms with Crippen molar-refractivity contribution < 1.29 is 0 Å². The van der Waals surface area contributed by atoms with Gasteiger partial charge in [-0.25, -0.2) is 0 Å². The molecule has 0 saturated heterocycles. The number of rotatable bonds is 5. The summed E-state index contributed by atoms with van der Waals surface area (Å²) in [6, 6.07) is 10.6. The first-order valence-corrected chi connectivity index (χ1v) is 7.74. The highest BCUT2D eigenvalue weighted by molar-refractivity contribution is 6.15. The van der Waals surface area contributed by atoms with Gasteiger partial charge in [0.05, 0.1) is 5.71 Å². The smallest absolute Gasteiger partial charge is 0.101 e. The highest BCUT2D eigenvalue weighted by atomic mass is 14.9. The molecule has 0 aliphatic carbocycles. The van der Waals surface area contributed by atoms with Crippen molar-refractivity contribution in [3.05, 3.63) is 59.2 Å².